The lowest BCUT2D eigenvalue weighted by Gasteiger charge is -2.20. The van der Waals surface area contributed by atoms with Crippen LogP contribution in [0.4, 0.5) is 0 Å². The van der Waals surface area contributed by atoms with Crippen LogP contribution in [0.15, 0.2) is 30.3 Å². The van der Waals surface area contributed by atoms with E-state index in [9.17, 15) is 14.4 Å². The van der Waals surface area contributed by atoms with Crippen LogP contribution in [0.2, 0.25) is 0 Å². The van der Waals surface area contributed by atoms with Crippen molar-refractivity contribution in [2.75, 3.05) is 12.0 Å². The van der Waals surface area contributed by atoms with Crippen molar-refractivity contribution in [2.24, 2.45) is 0 Å². The molecule has 0 aliphatic carbocycles. The first-order chi connectivity index (χ1) is 10.6. The molecular weight excluding hydrogens is 304 g/mol. The van der Waals surface area contributed by atoms with Crippen molar-refractivity contribution >= 4 is 30.0 Å². The summed E-state index contributed by atoms with van der Waals surface area (Å²) >= 11 is 1.51. The van der Waals surface area contributed by atoms with Crippen molar-refractivity contribution in [3.63, 3.8) is 0 Å². The molecule has 0 radical (unpaired) electrons. The Hall–Kier alpha value is -2.02. The molecule has 7 heteroatoms. The monoisotopic (exact) mass is 324 g/mol. The first kappa shape index (κ1) is 18.0. The number of carboxylic acid groups (broad SMARTS) is 1. The zero-order valence-corrected chi connectivity index (χ0v) is 13.1. The van der Waals surface area contributed by atoms with Gasteiger partial charge in [0.15, 0.2) is 0 Å². The molecule has 3 N–H and O–H groups in total. The molecule has 1 aromatic carbocycles. The molecule has 0 aromatic heterocycles. The molecule has 22 heavy (non-hydrogen) atoms. The molecule has 0 bridgehead atoms. The zero-order valence-electron chi connectivity index (χ0n) is 12.3. The van der Waals surface area contributed by atoms with E-state index in [1.54, 1.807) is 0 Å². The number of thioether (sulfide) groups is 1. The molecule has 1 rings (SSSR count). The van der Waals surface area contributed by atoms with Crippen LogP contribution in [0.5, 0.6) is 0 Å². The summed E-state index contributed by atoms with van der Waals surface area (Å²) in [5, 5.41) is 14.1. The van der Waals surface area contributed by atoms with E-state index in [2.05, 4.69) is 10.6 Å². The Kier molecular flexibility index (Phi) is 8.06. The largest absolute Gasteiger partial charge is 0.480 e. The van der Waals surface area contributed by atoms with Gasteiger partial charge in [-0.2, -0.15) is 11.8 Å². The summed E-state index contributed by atoms with van der Waals surface area (Å²) in [5.74, 6) is -0.946. The van der Waals surface area contributed by atoms with Crippen molar-refractivity contribution in [1.82, 2.24) is 10.6 Å². The van der Waals surface area contributed by atoms with Crippen LogP contribution in [0.3, 0.4) is 0 Å². The minimum Gasteiger partial charge on any atom is -0.480 e. The number of rotatable bonds is 10. The second-order valence-corrected chi connectivity index (χ2v) is 5.69. The van der Waals surface area contributed by atoms with E-state index in [-0.39, 0.29) is 0 Å². The summed E-state index contributed by atoms with van der Waals surface area (Å²) in [6.07, 6.45) is 2.96. The average molecular weight is 324 g/mol. The molecule has 0 spiro atoms. The number of hydrogen-bond acceptors (Lipinski definition) is 4. The lowest BCUT2D eigenvalue weighted by molar-refractivity contribution is -0.142. The maximum Gasteiger partial charge on any atom is 0.326 e. The SMILES string of the molecule is CSCC[C@@H](NC(=O)[C@@H](Cc1ccccc1)NC=O)C(=O)O. The third-order valence-electron chi connectivity index (χ3n) is 3.09. The molecule has 0 unspecified atom stereocenters. The number of carboxylic acids is 1. The zero-order chi connectivity index (χ0) is 16.4. The highest BCUT2D eigenvalue weighted by atomic mass is 32.2. The molecule has 6 nitrogen and oxygen atoms in total. The van der Waals surface area contributed by atoms with Crippen molar-refractivity contribution in [1.29, 1.82) is 0 Å². The smallest absolute Gasteiger partial charge is 0.326 e. The molecule has 0 aliphatic heterocycles. The first-order valence-electron chi connectivity index (χ1n) is 6.84. The standard InChI is InChI=1S/C15H20N2O4S/c1-22-8-7-12(15(20)21)17-14(19)13(16-10-18)9-11-5-3-2-4-6-11/h2-6,10,12-13H,7-9H2,1H3,(H,16,18)(H,17,19)(H,20,21)/t12-,13-/m1/s1. The maximum atomic E-state index is 12.2. The predicted octanol–water partition coefficient (Wildman–Crippen LogP) is 0.666. The quantitative estimate of drug-likeness (QED) is 0.550. The summed E-state index contributed by atoms with van der Waals surface area (Å²) < 4.78 is 0. The van der Waals surface area contributed by atoms with Crippen molar-refractivity contribution in [2.45, 2.75) is 24.9 Å². The Morgan fingerprint density at radius 1 is 1.27 bits per heavy atom. The summed E-state index contributed by atoms with van der Waals surface area (Å²) in [6.45, 7) is 0. The highest BCUT2D eigenvalue weighted by Gasteiger charge is 2.24. The molecule has 2 atom stereocenters. The molecule has 0 aliphatic rings. The molecule has 2 amide bonds. The van der Waals surface area contributed by atoms with Gasteiger partial charge in [0, 0.05) is 6.42 Å². The molecule has 1 aromatic rings. The summed E-state index contributed by atoms with van der Waals surface area (Å²) in [5.41, 5.74) is 0.882. The molecular formula is C15H20N2O4S. The van der Waals surface area contributed by atoms with Gasteiger partial charge in [-0.3, -0.25) is 9.59 Å². The van der Waals surface area contributed by atoms with E-state index in [0.717, 1.165) is 5.56 Å². The topological polar surface area (TPSA) is 95.5 Å². The Bertz CT molecular complexity index is 496. The minimum absolute atomic E-state index is 0.306. The van der Waals surface area contributed by atoms with Gasteiger partial charge in [0.2, 0.25) is 12.3 Å². The van der Waals surface area contributed by atoms with Gasteiger partial charge in [-0.25, -0.2) is 4.79 Å². The predicted molar refractivity (Wildman–Crippen MR) is 85.7 cm³/mol. The normalized spacial score (nSPS) is 13.0. The fourth-order valence-electron chi connectivity index (χ4n) is 1.92. The summed E-state index contributed by atoms with van der Waals surface area (Å²) in [6, 6.07) is 7.47. The number of benzene rings is 1. The van der Waals surface area contributed by atoms with Gasteiger partial charge in [-0.05, 0) is 24.0 Å². The van der Waals surface area contributed by atoms with Crippen molar-refractivity contribution in [3.8, 4) is 0 Å². The van der Waals surface area contributed by atoms with Crippen molar-refractivity contribution in [3.05, 3.63) is 35.9 Å². The number of hydrogen-bond donors (Lipinski definition) is 3. The minimum atomic E-state index is -1.08. The number of carbonyl (C=O) groups is 3. The Labute approximate surface area is 133 Å². The van der Waals surface area contributed by atoms with Crippen LogP contribution in [0.1, 0.15) is 12.0 Å². The fraction of sp³-hybridized carbons (Fsp3) is 0.400. The number of carbonyl (C=O) groups excluding carboxylic acids is 2. The highest BCUT2D eigenvalue weighted by molar-refractivity contribution is 7.98. The summed E-state index contributed by atoms with van der Waals surface area (Å²) in [7, 11) is 0. The first-order valence-corrected chi connectivity index (χ1v) is 8.23. The molecule has 0 saturated carbocycles. The third-order valence-corrected chi connectivity index (χ3v) is 3.74. The Morgan fingerprint density at radius 2 is 1.95 bits per heavy atom. The van der Waals surface area contributed by atoms with E-state index >= 15 is 0 Å². The molecule has 0 fully saturated rings. The number of amides is 2. The molecule has 120 valence electrons. The van der Waals surface area contributed by atoms with Gasteiger partial charge in [-0.15, -0.1) is 0 Å². The average Bonchev–Trinajstić information content (AvgIpc) is 2.51. The van der Waals surface area contributed by atoms with E-state index in [4.69, 9.17) is 5.11 Å². The molecule has 0 heterocycles. The second-order valence-electron chi connectivity index (χ2n) is 4.71. The van der Waals surface area contributed by atoms with Gasteiger partial charge >= 0.3 is 5.97 Å². The van der Waals surface area contributed by atoms with Crippen molar-refractivity contribution < 1.29 is 19.5 Å². The number of aliphatic carboxylic acids is 1. The number of nitrogens with one attached hydrogen (secondary N) is 2. The van der Waals surface area contributed by atoms with Crippen LogP contribution in [-0.2, 0) is 20.8 Å². The second kappa shape index (κ2) is 9.83. The van der Waals surface area contributed by atoms with Crippen LogP contribution in [-0.4, -0.2) is 47.5 Å². The van der Waals surface area contributed by atoms with Crippen LogP contribution < -0.4 is 10.6 Å². The van der Waals surface area contributed by atoms with Gasteiger partial charge in [0.25, 0.3) is 0 Å². The Morgan fingerprint density at radius 3 is 2.50 bits per heavy atom. The van der Waals surface area contributed by atoms with Gasteiger partial charge in [0.05, 0.1) is 0 Å². The Balaban J connectivity index is 2.70. The fourth-order valence-corrected chi connectivity index (χ4v) is 2.40. The highest BCUT2D eigenvalue weighted by Crippen LogP contribution is 2.05. The van der Waals surface area contributed by atoms with E-state index in [1.165, 1.54) is 11.8 Å². The van der Waals surface area contributed by atoms with Gasteiger partial charge < -0.3 is 15.7 Å². The lowest BCUT2D eigenvalue weighted by Crippen LogP contribution is -2.51. The van der Waals surface area contributed by atoms with Crippen LogP contribution >= 0.6 is 11.8 Å². The maximum absolute atomic E-state index is 12.2. The van der Waals surface area contributed by atoms with Crippen LogP contribution in [0.25, 0.3) is 0 Å². The van der Waals surface area contributed by atoms with Gasteiger partial charge in [0.1, 0.15) is 12.1 Å². The van der Waals surface area contributed by atoms with Crippen LogP contribution in [0, 0.1) is 0 Å². The van der Waals surface area contributed by atoms with E-state index in [0.29, 0.717) is 25.0 Å². The third kappa shape index (κ3) is 6.17. The van der Waals surface area contributed by atoms with Gasteiger partial charge in [-0.1, -0.05) is 30.3 Å². The lowest BCUT2D eigenvalue weighted by atomic mass is 10.0. The molecule has 0 saturated heterocycles. The summed E-state index contributed by atoms with van der Waals surface area (Å²) in [4.78, 5) is 34.1. The van der Waals surface area contributed by atoms with E-state index in [1.807, 2.05) is 36.6 Å². The van der Waals surface area contributed by atoms with E-state index < -0.39 is 24.0 Å².